The molecule has 0 fully saturated rings. The molecule has 0 saturated carbocycles. The third-order valence-corrected chi connectivity index (χ3v) is 1.94. The monoisotopic (exact) mass is 260 g/mol. The highest BCUT2D eigenvalue weighted by atomic mass is 35.5. The average Bonchev–Trinajstić information content (AvgIpc) is 2.01. The molecule has 0 aliphatic rings. The molecular formula is C10H26Cl2N2O. The second-order valence-electron chi connectivity index (χ2n) is 4.55. The lowest BCUT2D eigenvalue weighted by Gasteiger charge is -2.23. The molecule has 0 aliphatic carbocycles. The Morgan fingerprint density at radius 1 is 1.00 bits per heavy atom. The van der Waals surface area contributed by atoms with E-state index >= 15 is 0 Å². The van der Waals surface area contributed by atoms with Crippen molar-refractivity contribution in [3.63, 3.8) is 0 Å². The number of hydrogen-bond donors (Lipinski definition) is 2. The van der Waals surface area contributed by atoms with Crippen LogP contribution in [0.2, 0.25) is 0 Å². The number of aliphatic hydroxyl groups is 1. The first-order chi connectivity index (χ1) is 6.06. The van der Waals surface area contributed by atoms with E-state index in [2.05, 4.69) is 26.5 Å². The van der Waals surface area contributed by atoms with Crippen molar-refractivity contribution in [1.29, 1.82) is 0 Å². The number of rotatable bonds is 8. The minimum Gasteiger partial charge on any atom is -1.00 e. The largest absolute Gasteiger partial charge is 1.00 e. The number of aliphatic hydroxyl groups excluding tert-OH is 1. The summed E-state index contributed by atoms with van der Waals surface area (Å²) in [5.41, 5.74) is 0. The van der Waals surface area contributed by atoms with Gasteiger partial charge >= 0.3 is 0 Å². The number of halogens is 2. The molecule has 0 spiro atoms. The van der Waals surface area contributed by atoms with Gasteiger partial charge in [-0.2, -0.15) is 0 Å². The highest BCUT2D eigenvalue weighted by Gasteiger charge is 2.04. The van der Waals surface area contributed by atoms with Crippen molar-refractivity contribution in [2.24, 2.45) is 0 Å². The Labute approximate surface area is 107 Å². The molecule has 0 bridgehead atoms. The molecule has 0 amide bonds. The predicted octanol–water partition coefficient (Wildman–Crippen LogP) is -2.13. The fourth-order valence-corrected chi connectivity index (χ4v) is 1.17. The van der Waals surface area contributed by atoms with Crippen LogP contribution in [0.3, 0.4) is 0 Å². The molecule has 0 heterocycles. The van der Waals surface area contributed by atoms with Crippen LogP contribution in [0.15, 0.2) is 0 Å². The van der Waals surface area contributed by atoms with Gasteiger partial charge in [0.15, 0.2) is 0 Å². The zero-order valence-corrected chi connectivity index (χ0v) is 11.7. The van der Waals surface area contributed by atoms with Gasteiger partial charge in [0, 0.05) is 19.6 Å². The zero-order chi connectivity index (χ0) is 10.2. The molecule has 0 unspecified atom stereocenters. The van der Waals surface area contributed by atoms with Gasteiger partial charge < -0.3 is 27.3 Å². The van der Waals surface area contributed by atoms with Gasteiger partial charge in [-0.15, -0.1) is 12.4 Å². The second-order valence-corrected chi connectivity index (χ2v) is 4.55. The second kappa shape index (κ2) is 12.5. The van der Waals surface area contributed by atoms with Crippen LogP contribution in [-0.2, 0) is 0 Å². The molecule has 0 atom stereocenters. The summed E-state index contributed by atoms with van der Waals surface area (Å²) in [5, 5.41) is 11.9. The number of nitrogens with one attached hydrogen (secondary N) is 1. The van der Waals surface area contributed by atoms with Gasteiger partial charge in [-0.3, -0.25) is 0 Å². The van der Waals surface area contributed by atoms with E-state index in [-0.39, 0.29) is 24.8 Å². The van der Waals surface area contributed by atoms with Crippen molar-refractivity contribution in [2.75, 3.05) is 47.4 Å². The summed E-state index contributed by atoms with van der Waals surface area (Å²) in [4.78, 5) is 0. The third-order valence-electron chi connectivity index (χ3n) is 1.94. The van der Waals surface area contributed by atoms with Crippen LogP contribution in [-0.4, -0.2) is 57.0 Å². The fourth-order valence-electron chi connectivity index (χ4n) is 1.17. The Morgan fingerprint density at radius 3 is 2.00 bits per heavy atom. The van der Waals surface area contributed by atoms with Crippen LogP contribution in [0.5, 0.6) is 0 Å². The van der Waals surface area contributed by atoms with E-state index in [1.807, 2.05) is 0 Å². The van der Waals surface area contributed by atoms with E-state index in [1.165, 1.54) is 13.0 Å². The van der Waals surface area contributed by atoms with E-state index in [4.69, 9.17) is 5.11 Å². The minimum absolute atomic E-state index is 0. The molecule has 2 N–H and O–H groups in total. The maximum Gasteiger partial charge on any atom is 0.0792 e. The van der Waals surface area contributed by atoms with Gasteiger partial charge in [-0.1, -0.05) is 0 Å². The standard InChI is InChI=1S/C10H25N2O.2ClH/c1-12(2,3)9-6-8-11-7-4-5-10-13;;/h11,13H,4-10H2,1-3H3;2*1H/q+1;;/p-1. The number of unbranched alkanes of at least 4 members (excludes halogenated alkanes) is 1. The van der Waals surface area contributed by atoms with Crippen molar-refractivity contribution < 1.29 is 22.0 Å². The van der Waals surface area contributed by atoms with Crippen molar-refractivity contribution in [1.82, 2.24) is 5.32 Å². The van der Waals surface area contributed by atoms with Crippen LogP contribution in [0, 0.1) is 0 Å². The van der Waals surface area contributed by atoms with Crippen LogP contribution in [0.25, 0.3) is 0 Å². The van der Waals surface area contributed by atoms with Crippen molar-refractivity contribution in [3.8, 4) is 0 Å². The predicted molar refractivity (Wildman–Crippen MR) is 64.0 cm³/mol. The quantitative estimate of drug-likeness (QED) is 0.386. The maximum absolute atomic E-state index is 8.55. The van der Waals surface area contributed by atoms with Crippen LogP contribution in [0.4, 0.5) is 0 Å². The van der Waals surface area contributed by atoms with Crippen LogP contribution < -0.4 is 17.7 Å². The molecule has 0 rings (SSSR count). The van der Waals surface area contributed by atoms with E-state index in [0.29, 0.717) is 6.61 Å². The van der Waals surface area contributed by atoms with Crippen molar-refractivity contribution in [3.05, 3.63) is 0 Å². The molecule has 5 heteroatoms. The topological polar surface area (TPSA) is 32.3 Å². The lowest BCUT2D eigenvalue weighted by atomic mass is 10.3. The third kappa shape index (κ3) is 20.5. The lowest BCUT2D eigenvalue weighted by Crippen LogP contribution is -3.00. The smallest absolute Gasteiger partial charge is 0.0792 e. The Balaban J connectivity index is -0.000000720. The Morgan fingerprint density at radius 2 is 1.53 bits per heavy atom. The van der Waals surface area contributed by atoms with Gasteiger partial charge in [-0.05, 0) is 19.4 Å². The molecule has 15 heavy (non-hydrogen) atoms. The number of nitrogens with zero attached hydrogens (tertiary/aromatic N) is 1. The SMILES string of the molecule is C[N+](C)(C)CCCNCCCCO.Cl.[Cl-]. The molecule has 3 nitrogen and oxygen atoms in total. The molecule has 0 saturated heterocycles. The van der Waals surface area contributed by atoms with Gasteiger partial charge in [0.05, 0.1) is 27.7 Å². The first kappa shape index (κ1) is 20.8. The van der Waals surface area contributed by atoms with Crippen molar-refractivity contribution >= 4 is 12.4 Å². The summed E-state index contributed by atoms with van der Waals surface area (Å²) in [6.45, 7) is 3.67. The summed E-state index contributed by atoms with van der Waals surface area (Å²) in [7, 11) is 6.64. The first-order valence-electron chi connectivity index (χ1n) is 5.18. The van der Waals surface area contributed by atoms with Gasteiger partial charge in [0.1, 0.15) is 0 Å². The van der Waals surface area contributed by atoms with Gasteiger partial charge in [0.25, 0.3) is 0 Å². The van der Waals surface area contributed by atoms with Crippen LogP contribution >= 0.6 is 12.4 Å². The first-order valence-corrected chi connectivity index (χ1v) is 5.18. The molecule has 0 radical (unpaired) electrons. The Kier molecular flexibility index (Phi) is 17.4. The summed E-state index contributed by atoms with van der Waals surface area (Å²) in [5.74, 6) is 0. The molecule has 0 aromatic heterocycles. The zero-order valence-electron chi connectivity index (χ0n) is 10.1. The van der Waals surface area contributed by atoms with Crippen LogP contribution in [0.1, 0.15) is 19.3 Å². The fraction of sp³-hybridized carbons (Fsp3) is 1.00. The highest BCUT2D eigenvalue weighted by molar-refractivity contribution is 5.85. The summed E-state index contributed by atoms with van der Waals surface area (Å²) in [6, 6.07) is 0. The molecular weight excluding hydrogens is 235 g/mol. The Hall–Kier alpha value is 0.460. The van der Waals surface area contributed by atoms with E-state index in [9.17, 15) is 0 Å². The van der Waals surface area contributed by atoms with E-state index in [1.54, 1.807) is 0 Å². The van der Waals surface area contributed by atoms with Crippen molar-refractivity contribution in [2.45, 2.75) is 19.3 Å². The number of hydrogen-bond acceptors (Lipinski definition) is 2. The summed E-state index contributed by atoms with van der Waals surface area (Å²) in [6.07, 6.45) is 3.23. The summed E-state index contributed by atoms with van der Waals surface area (Å²) < 4.78 is 1.04. The summed E-state index contributed by atoms with van der Waals surface area (Å²) >= 11 is 0. The molecule has 0 aromatic rings. The highest BCUT2D eigenvalue weighted by Crippen LogP contribution is 1.92. The number of quaternary nitrogens is 1. The minimum atomic E-state index is 0. The normalized spacial score (nSPS) is 10.4. The van der Waals surface area contributed by atoms with Gasteiger partial charge in [0.2, 0.25) is 0 Å². The molecule has 0 aliphatic heterocycles. The average molecular weight is 261 g/mol. The maximum atomic E-state index is 8.55. The van der Waals surface area contributed by atoms with Gasteiger partial charge in [-0.25, -0.2) is 0 Å². The molecule has 96 valence electrons. The van der Waals surface area contributed by atoms with E-state index in [0.717, 1.165) is 30.4 Å². The molecule has 0 aromatic carbocycles. The lowest BCUT2D eigenvalue weighted by molar-refractivity contribution is -0.870. The Bertz CT molecular complexity index is 118. The van der Waals surface area contributed by atoms with E-state index < -0.39 is 0 Å².